The molecule has 1 aliphatic heterocycles. The molecule has 2 amide bonds. The van der Waals surface area contributed by atoms with Gasteiger partial charge in [0.05, 0.1) is 0 Å². The Kier molecular flexibility index (Phi) is 5.80. The van der Waals surface area contributed by atoms with Gasteiger partial charge in [-0.1, -0.05) is 78.9 Å². The van der Waals surface area contributed by atoms with E-state index >= 15 is 0 Å². The highest BCUT2D eigenvalue weighted by atomic mass is 16.5. The van der Waals surface area contributed by atoms with E-state index in [1.54, 1.807) is 16.8 Å². The number of likely N-dealkylation sites (N-methyl/N-ethyl adjacent to an activating group) is 1. The van der Waals surface area contributed by atoms with Crippen LogP contribution in [-0.4, -0.2) is 41.3 Å². The van der Waals surface area contributed by atoms with E-state index < -0.39 is 12.2 Å². The standard InChI is InChI=1S/C25H24N2O3/c1-26-24(20-13-7-3-8-14-20)27(23(28)18-30-21-15-9-4-10-16-21)22(25(26)29)17-19-11-5-2-6-12-19/h2-16,22,24H,17-18H2,1H3/t22-,24?/m1/s1. The van der Waals surface area contributed by atoms with Crippen molar-refractivity contribution in [2.45, 2.75) is 18.6 Å². The first-order chi connectivity index (χ1) is 14.6. The molecule has 2 atom stereocenters. The van der Waals surface area contributed by atoms with Gasteiger partial charge in [-0.05, 0) is 23.3 Å². The molecule has 0 saturated carbocycles. The van der Waals surface area contributed by atoms with Crippen molar-refractivity contribution in [3.63, 3.8) is 0 Å². The topological polar surface area (TPSA) is 49.9 Å². The van der Waals surface area contributed by atoms with Gasteiger partial charge in [0.15, 0.2) is 6.61 Å². The molecule has 1 unspecified atom stereocenters. The largest absolute Gasteiger partial charge is 0.484 e. The van der Waals surface area contributed by atoms with Gasteiger partial charge in [-0.2, -0.15) is 0 Å². The Hall–Kier alpha value is -3.60. The number of nitrogens with zero attached hydrogens (tertiary/aromatic N) is 2. The molecular formula is C25H24N2O3. The van der Waals surface area contributed by atoms with Gasteiger partial charge in [0, 0.05) is 13.5 Å². The Morgan fingerprint density at radius 2 is 1.43 bits per heavy atom. The lowest BCUT2D eigenvalue weighted by Crippen LogP contribution is -2.43. The first kappa shape index (κ1) is 19.7. The number of ether oxygens (including phenoxy) is 1. The molecule has 3 aromatic rings. The fourth-order valence-electron chi connectivity index (χ4n) is 3.91. The second-order valence-corrected chi connectivity index (χ2v) is 7.34. The lowest BCUT2D eigenvalue weighted by atomic mass is 10.0. The fraction of sp³-hybridized carbons (Fsp3) is 0.200. The summed E-state index contributed by atoms with van der Waals surface area (Å²) in [6.07, 6.45) is 0.00373. The van der Waals surface area contributed by atoms with Crippen molar-refractivity contribution >= 4 is 11.8 Å². The normalized spacial score (nSPS) is 18.5. The summed E-state index contributed by atoms with van der Waals surface area (Å²) in [5.41, 5.74) is 1.91. The Morgan fingerprint density at radius 1 is 0.867 bits per heavy atom. The summed E-state index contributed by atoms with van der Waals surface area (Å²) in [6.45, 7) is -0.125. The van der Waals surface area contributed by atoms with Crippen LogP contribution in [0.3, 0.4) is 0 Å². The maximum Gasteiger partial charge on any atom is 0.263 e. The minimum Gasteiger partial charge on any atom is -0.484 e. The molecule has 0 spiro atoms. The molecule has 5 nitrogen and oxygen atoms in total. The zero-order chi connectivity index (χ0) is 20.9. The highest BCUT2D eigenvalue weighted by Crippen LogP contribution is 2.35. The van der Waals surface area contributed by atoms with Crippen LogP contribution in [0.25, 0.3) is 0 Å². The van der Waals surface area contributed by atoms with Crippen molar-refractivity contribution in [3.05, 3.63) is 102 Å². The second-order valence-electron chi connectivity index (χ2n) is 7.34. The number of hydrogen-bond acceptors (Lipinski definition) is 3. The first-order valence-corrected chi connectivity index (χ1v) is 9.99. The first-order valence-electron chi connectivity index (χ1n) is 9.99. The van der Waals surface area contributed by atoms with Crippen LogP contribution in [0.5, 0.6) is 5.75 Å². The predicted octanol–water partition coefficient (Wildman–Crippen LogP) is 3.68. The highest BCUT2D eigenvalue weighted by Gasteiger charge is 2.47. The van der Waals surface area contributed by atoms with Gasteiger partial charge in [0.25, 0.3) is 5.91 Å². The van der Waals surface area contributed by atoms with Gasteiger partial charge in [0.1, 0.15) is 18.0 Å². The molecule has 0 radical (unpaired) electrons. The Balaban J connectivity index is 1.63. The summed E-state index contributed by atoms with van der Waals surface area (Å²) < 4.78 is 5.71. The van der Waals surface area contributed by atoms with E-state index in [4.69, 9.17) is 4.74 Å². The van der Waals surface area contributed by atoms with Gasteiger partial charge in [0.2, 0.25) is 5.91 Å². The zero-order valence-corrected chi connectivity index (χ0v) is 16.8. The molecule has 0 aliphatic carbocycles. The number of carbonyl (C=O) groups is 2. The van der Waals surface area contributed by atoms with Crippen molar-refractivity contribution in [1.29, 1.82) is 0 Å². The number of benzene rings is 3. The molecule has 152 valence electrons. The van der Waals surface area contributed by atoms with E-state index in [2.05, 4.69) is 0 Å². The molecule has 1 aliphatic rings. The molecule has 1 fully saturated rings. The lowest BCUT2D eigenvalue weighted by molar-refractivity contribution is -0.138. The van der Waals surface area contributed by atoms with Gasteiger partial charge >= 0.3 is 0 Å². The van der Waals surface area contributed by atoms with Crippen LogP contribution >= 0.6 is 0 Å². The Bertz CT molecular complexity index is 993. The summed E-state index contributed by atoms with van der Waals surface area (Å²) in [6, 6.07) is 28.1. The number of hydrogen-bond donors (Lipinski definition) is 0. The smallest absolute Gasteiger partial charge is 0.263 e. The number of para-hydroxylation sites is 1. The van der Waals surface area contributed by atoms with Crippen LogP contribution in [0.4, 0.5) is 0 Å². The summed E-state index contributed by atoms with van der Waals surface area (Å²) >= 11 is 0. The van der Waals surface area contributed by atoms with Crippen molar-refractivity contribution < 1.29 is 14.3 Å². The van der Waals surface area contributed by atoms with E-state index in [0.717, 1.165) is 11.1 Å². The van der Waals surface area contributed by atoms with Crippen LogP contribution in [0.15, 0.2) is 91.0 Å². The van der Waals surface area contributed by atoms with Crippen molar-refractivity contribution in [1.82, 2.24) is 9.80 Å². The molecular weight excluding hydrogens is 376 g/mol. The van der Waals surface area contributed by atoms with E-state index in [1.807, 2.05) is 91.0 Å². The highest BCUT2D eigenvalue weighted by molar-refractivity contribution is 5.92. The SMILES string of the molecule is CN1C(=O)[C@@H](Cc2ccccc2)N(C(=O)COc2ccccc2)C1c1ccccc1. The molecule has 5 heteroatoms. The summed E-state index contributed by atoms with van der Waals surface area (Å²) in [5.74, 6) is 0.340. The Labute approximate surface area is 176 Å². The minimum absolute atomic E-state index is 0.0687. The molecule has 4 rings (SSSR count). The van der Waals surface area contributed by atoms with Crippen LogP contribution < -0.4 is 4.74 Å². The third kappa shape index (κ3) is 4.06. The van der Waals surface area contributed by atoms with E-state index in [0.29, 0.717) is 12.2 Å². The molecule has 0 N–H and O–H groups in total. The average molecular weight is 400 g/mol. The van der Waals surface area contributed by atoms with Crippen LogP contribution in [0.2, 0.25) is 0 Å². The molecule has 30 heavy (non-hydrogen) atoms. The van der Waals surface area contributed by atoms with E-state index in [1.165, 1.54) is 0 Å². The zero-order valence-electron chi connectivity index (χ0n) is 16.8. The van der Waals surface area contributed by atoms with Crippen molar-refractivity contribution in [3.8, 4) is 5.75 Å². The predicted molar refractivity (Wildman–Crippen MR) is 115 cm³/mol. The summed E-state index contributed by atoms with van der Waals surface area (Å²) in [5, 5.41) is 0. The third-order valence-corrected chi connectivity index (χ3v) is 5.36. The van der Waals surface area contributed by atoms with Crippen LogP contribution in [-0.2, 0) is 16.0 Å². The monoisotopic (exact) mass is 400 g/mol. The molecule has 3 aromatic carbocycles. The van der Waals surface area contributed by atoms with Gasteiger partial charge in [-0.3, -0.25) is 9.59 Å². The quantitative estimate of drug-likeness (QED) is 0.634. The fourth-order valence-corrected chi connectivity index (χ4v) is 3.91. The molecule has 0 bridgehead atoms. The van der Waals surface area contributed by atoms with Crippen molar-refractivity contribution in [2.24, 2.45) is 0 Å². The van der Waals surface area contributed by atoms with Crippen molar-refractivity contribution in [2.75, 3.05) is 13.7 Å². The van der Waals surface area contributed by atoms with Gasteiger partial charge in [-0.15, -0.1) is 0 Å². The molecule has 0 aromatic heterocycles. The van der Waals surface area contributed by atoms with Gasteiger partial charge < -0.3 is 14.5 Å². The maximum absolute atomic E-state index is 13.3. The molecule has 1 heterocycles. The van der Waals surface area contributed by atoms with Gasteiger partial charge in [-0.25, -0.2) is 0 Å². The van der Waals surface area contributed by atoms with Crippen LogP contribution in [0.1, 0.15) is 17.3 Å². The second kappa shape index (κ2) is 8.82. The minimum atomic E-state index is -0.575. The average Bonchev–Trinajstić information content (AvgIpc) is 3.04. The summed E-state index contributed by atoms with van der Waals surface area (Å²) in [7, 11) is 1.75. The molecule has 1 saturated heterocycles. The number of carbonyl (C=O) groups excluding carboxylic acids is 2. The van der Waals surface area contributed by atoms with E-state index in [9.17, 15) is 9.59 Å². The number of rotatable bonds is 6. The third-order valence-electron chi connectivity index (χ3n) is 5.36. The number of amides is 2. The van der Waals surface area contributed by atoms with Crippen LogP contribution in [0, 0.1) is 0 Å². The Morgan fingerprint density at radius 3 is 2.07 bits per heavy atom. The maximum atomic E-state index is 13.3. The van der Waals surface area contributed by atoms with E-state index in [-0.39, 0.29) is 18.4 Å². The summed E-state index contributed by atoms with van der Waals surface area (Å²) in [4.78, 5) is 29.8. The lowest BCUT2D eigenvalue weighted by Gasteiger charge is -2.30.